The van der Waals surface area contributed by atoms with Crippen LogP contribution in [-0.2, 0) is 23.8 Å². The van der Waals surface area contributed by atoms with Crippen molar-refractivity contribution in [1.29, 1.82) is 0 Å². The third kappa shape index (κ3) is 2.96. The van der Waals surface area contributed by atoms with Gasteiger partial charge in [-0.05, 0) is 32.1 Å². The van der Waals surface area contributed by atoms with Gasteiger partial charge in [0.2, 0.25) is 0 Å². The van der Waals surface area contributed by atoms with Crippen molar-refractivity contribution in [3.05, 3.63) is 58.4 Å². The average Bonchev–Trinajstić information content (AvgIpc) is 3.18. The van der Waals surface area contributed by atoms with Gasteiger partial charge < -0.3 is 14.2 Å². The maximum Gasteiger partial charge on any atom is 0.341 e. The van der Waals surface area contributed by atoms with Crippen molar-refractivity contribution in [2.24, 2.45) is 0 Å². The van der Waals surface area contributed by atoms with E-state index in [1.165, 1.54) is 25.3 Å². The fourth-order valence-electron chi connectivity index (χ4n) is 3.27. The largest absolute Gasteiger partial charge is 0.495 e. The van der Waals surface area contributed by atoms with E-state index in [4.69, 9.17) is 14.2 Å². The van der Waals surface area contributed by atoms with E-state index in [1.807, 2.05) is 0 Å². The molecule has 1 aliphatic carbocycles. The van der Waals surface area contributed by atoms with Crippen molar-refractivity contribution >= 4 is 23.8 Å². The van der Waals surface area contributed by atoms with Crippen LogP contribution < -0.4 is 0 Å². The summed E-state index contributed by atoms with van der Waals surface area (Å²) >= 11 is 0. The van der Waals surface area contributed by atoms with E-state index < -0.39 is 29.8 Å². The van der Waals surface area contributed by atoms with Crippen LogP contribution in [0.15, 0.2) is 47.2 Å². The molecule has 2 amide bonds. The smallest absolute Gasteiger partial charge is 0.341 e. The van der Waals surface area contributed by atoms with E-state index in [0.29, 0.717) is 0 Å². The van der Waals surface area contributed by atoms with Crippen molar-refractivity contribution in [3.8, 4) is 0 Å². The molecule has 0 saturated carbocycles. The summed E-state index contributed by atoms with van der Waals surface area (Å²) in [5.74, 6) is -2.71. The summed E-state index contributed by atoms with van der Waals surface area (Å²) in [4.78, 5) is 51.6. The molecule has 0 spiro atoms. The molecule has 1 aromatic rings. The van der Waals surface area contributed by atoms with Crippen LogP contribution in [0.4, 0.5) is 0 Å². The third-order valence-corrected chi connectivity index (χ3v) is 4.41. The van der Waals surface area contributed by atoms with E-state index in [-0.39, 0.29) is 41.2 Å². The van der Waals surface area contributed by atoms with Gasteiger partial charge in [0, 0.05) is 0 Å². The summed E-state index contributed by atoms with van der Waals surface area (Å²) in [7, 11) is 1.28. The lowest BCUT2D eigenvalue weighted by Crippen LogP contribution is -2.41. The van der Waals surface area contributed by atoms with Crippen LogP contribution in [0, 0.1) is 0 Å². The van der Waals surface area contributed by atoms with Gasteiger partial charge in [-0.15, -0.1) is 0 Å². The van der Waals surface area contributed by atoms with E-state index >= 15 is 0 Å². The van der Waals surface area contributed by atoms with Crippen molar-refractivity contribution < 1.29 is 33.4 Å². The van der Waals surface area contributed by atoms with Crippen LogP contribution in [0.5, 0.6) is 0 Å². The molecule has 28 heavy (non-hydrogen) atoms. The van der Waals surface area contributed by atoms with Crippen LogP contribution in [0.2, 0.25) is 0 Å². The van der Waals surface area contributed by atoms with Crippen LogP contribution in [0.3, 0.4) is 0 Å². The number of esters is 2. The average molecular weight is 385 g/mol. The minimum atomic E-state index is -1.14. The molecule has 1 heterocycles. The van der Waals surface area contributed by atoms with E-state index in [2.05, 4.69) is 0 Å². The molecule has 146 valence electrons. The number of benzene rings is 1. The van der Waals surface area contributed by atoms with Crippen molar-refractivity contribution in [2.45, 2.75) is 19.9 Å². The van der Waals surface area contributed by atoms with Crippen LogP contribution in [0.25, 0.3) is 0 Å². The number of imide groups is 1. The first kappa shape index (κ1) is 19.3. The Kier molecular flexibility index (Phi) is 5.30. The number of hydrogen-bond acceptors (Lipinski definition) is 7. The second-order valence-electron chi connectivity index (χ2n) is 5.94. The highest BCUT2D eigenvalue weighted by molar-refractivity contribution is 6.22. The minimum absolute atomic E-state index is 0.0334. The highest BCUT2D eigenvalue weighted by Crippen LogP contribution is 2.36. The summed E-state index contributed by atoms with van der Waals surface area (Å²) in [5, 5.41) is 0. The number of carbonyl (C=O) groups is 4. The molecule has 3 rings (SSSR count). The van der Waals surface area contributed by atoms with Gasteiger partial charge >= 0.3 is 11.9 Å². The Morgan fingerprint density at radius 1 is 0.964 bits per heavy atom. The number of amides is 2. The summed E-state index contributed by atoms with van der Waals surface area (Å²) in [6.07, 6.45) is 1.32. The Labute approximate surface area is 161 Å². The number of methoxy groups -OCH3 is 1. The second kappa shape index (κ2) is 7.67. The normalized spacial score (nSPS) is 18.2. The highest BCUT2D eigenvalue weighted by atomic mass is 16.5. The van der Waals surface area contributed by atoms with Crippen molar-refractivity contribution in [3.63, 3.8) is 0 Å². The SMILES string of the molecule is CCOC(=O)C1=CC(N2C(=O)c3ccccc3C2=O)C(C(=O)OCC)=C1OC. The number of hydrogen-bond donors (Lipinski definition) is 0. The van der Waals surface area contributed by atoms with Crippen molar-refractivity contribution in [1.82, 2.24) is 4.90 Å². The zero-order valence-corrected chi connectivity index (χ0v) is 15.7. The lowest BCUT2D eigenvalue weighted by molar-refractivity contribution is -0.139. The van der Waals surface area contributed by atoms with Gasteiger partial charge in [0.25, 0.3) is 11.8 Å². The van der Waals surface area contributed by atoms with Gasteiger partial charge in [-0.25, -0.2) is 9.59 Å². The standard InChI is InChI=1S/C20H19NO7/c1-4-27-19(24)13-10-14(15(16(13)26-3)20(25)28-5-2)21-17(22)11-8-6-7-9-12(11)18(21)23/h6-10,14H,4-5H2,1-3H3. The Morgan fingerprint density at radius 3 is 2.00 bits per heavy atom. The van der Waals surface area contributed by atoms with Gasteiger partial charge in [0.1, 0.15) is 16.9 Å². The minimum Gasteiger partial charge on any atom is -0.495 e. The Morgan fingerprint density at radius 2 is 1.50 bits per heavy atom. The number of carbonyl (C=O) groups excluding carboxylic acids is 4. The van der Waals surface area contributed by atoms with Crippen LogP contribution in [0.1, 0.15) is 34.6 Å². The summed E-state index contributed by atoms with van der Waals surface area (Å²) in [6.45, 7) is 3.44. The molecule has 1 aliphatic heterocycles. The molecule has 0 aromatic heterocycles. The monoisotopic (exact) mass is 385 g/mol. The fraction of sp³-hybridized carbons (Fsp3) is 0.300. The van der Waals surface area contributed by atoms with Gasteiger partial charge in [-0.3, -0.25) is 14.5 Å². The molecule has 8 nitrogen and oxygen atoms in total. The molecule has 0 radical (unpaired) electrons. The van der Waals surface area contributed by atoms with Gasteiger partial charge in [0.15, 0.2) is 0 Å². The summed E-state index contributed by atoms with van der Waals surface area (Å²) in [6, 6.07) is 5.22. The fourth-order valence-corrected chi connectivity index (χ4v) is 3.27. The van der Waals surface area contributed by atoms with Crippen LogP contribution >= 0.6 is 0 Å². The quantitative estimate of drug-likeness (QED) is 0.542. The van der Waals surface area contributed by atoms with Crippen LogP contribution in [-0.4, -0.2) is 55.0 Å². The lowest BCUT2D eigenvalue weighted by Gasteiger charge is -2.22. The zero-order chi connectivity index (χ0) is 20.4. The molecule has 2 aliphatic rings. The van der Waals surface area contributed by atoms with Gasteiger partial charge in [-0.2, -0.15) is 0 Å². The molecule has 0 saturated heterocycles. The molecule has 1 atom stereocenters. The van der Waals surface area contributed by atoms with E-state index in [9.17, 15) is 19.2 Å². The third-order valence-electron chi connectivity index (χ3n) is 4.41. The highest BCUT2D eigenvalue weighted by Gasteiger charge is 2.47. The molecule has 0 N–H and O–H groups in total. The first-order chi connectivity index (χ1) is 13.5. The molecule has 0 bridgehead atoms. The number of nitrogens with zero attached hydrogens (tertiary/aromatic N) is 1. The molecule has 1 unspecified atom stereocenters. The molecule has 1 aromatic carbocycles. The first-order valence-electron chi connectivity index (χ1n) is 8.77. The second-order valence-corrected chi connectivity index (χ2v) is 5.94. The lowest BCUT2D eigenvalue weighted by atomic mass is 10.1. The number of fused-ring (bicyclic) bond motifs is 1. The summed E-state index contributed by atoms with van der Waals surface area (Å²) in [5.41, 5.74) is 0.330. The maximum absolute atomic E-state index is 12.9. The summed E-state index contributed by atoms with van der Waals surface area (Å²) < 4.78 is 15.4. The van der Waals surface area contributed by atoms with E-state index in [1.54, 1.807) is 26.0 Å². The number of rotatable bonds is 6. The Balaban J connectivity index is 2.11. The molecular formula is C20H19NO7. The predicted molar refractivity (Wildman–Crippen MR) is 96.1 cm³/mol. The van der Waals surface area contributed by atoms with Gasteiger partial charge in [-0.1, -0.05) is 12.1 Å². The maximum atomic E-state index is 12.9. The molecule has 8 heteroatoms. The van der Waals surface area contributed by atoms with Crippen molar-refractivity contribution in [2.75, 3.05) is 20.3 Å². The molecule has 0 fully saturated rings. The predicted octanol–water partition coefficient (Wildman–Crippen LogP) is 1.62. The Bertz CT molecular complexity index is 893. The Hall–Kier alpha value is -3.42. The first-order valence-corrected chi connectivity index (χ1v) is 8.77. The topological polar surface area (TPSA) is 99.2 Å². The number of ether oxygens (including phenoxy) is 3. The molecular weight excluding hydrogens is 366 g/mol. The zero-order valence-electron chi connectivity index (χ0n) is 15.7. The van der Waals surface area contributed by atoms with Gasteiger partial charge in [0.05, 0.1) is 37.5 Å². The van der Waals surface area contributed by atoms with E-state index in [0.717, 1.165) is 4.90 Å².